The van der Waals surface area contributed by atoms with Crippen molar-refractivity contribution in [2.24, 2.45) is 0 Å². The minimum Gasteiger partial charge on any atom is -0.481 e. The molecule has 0 fully saturated rings. The molecule has 4 aromatic carbocycles. The molecule has 0 spiro atoms. The lowest BCUT2D eigenvalue weighted by atomic mass is 9.87. The SMILES string of the molecule is O=C(O)CCCNc1ccc(-c2c3nc(c(-c4ccc(NCCCC(=O)O)c(C(=O)O)c4C(=O)O)c4ccc([nH]4)c(-c4ccc(NCCCC(=O)O)c(C(=O)O)c4C(=O)O)c4nc(c(-c5ccc(NCCCC(=O)O)c(C(=O)O)c5C(=O)O)c5ccc2[nH]5)C=C4C2=CCCCC2)C=C3)c(C(=O)O)c1C(=O)O. The summed E-state index contributed by atoms with van der Waals surface area (Å²) < 4.78 is 0. The summed E-state index contributed by atoms with van der Waals surface area (Å²) in [6.45, 7) is -0.662. The molecule has 0 radical (unpaired) electrons. The van der Waals surface area contributed by atoms with Crippen LogP contribution in [-0.2, 0) is 19.2 Å². The lowest BCUT2D eigenvalue weighted by Gasteiger charge is -2.19. The van der Waals surface area contributed by atoms with Crippen LogP contribution in [-0.4, -0.2) is 179 Å². The van der Waals surface area contributed by atoms with Crippen LogP contribution in [0.3, 0.4) is 0 Å². The van der Waals surface area contributed by atoms with Crippen LogP contribution in [0.25, 0.3) is 90.4 Å². The van der Waals surface area contributed by atoms with E-state index in [0.717, 1.165) is 0 Å². The van der Waals surface area contributed by atoms with E-state index in [9.17, 15) is 119 Å². The number of allylic oxidation sites excluding steroid dienone is 3. The Morgan fingerprint density at radius 2 is 0.632 bits per heavy atom. The highest BCUT2D eigenvalue weighted by Gasteiger charge is 2.35. The molecule has 32 heteroatoms. The third-order valence-electron chi connectivity index (χ3n) is 17.6. The Kier molecular flexibility index (Phi) is 22.5. The van der Waals surface area contributed by atoms with Gasteiger partial charge >= 0.3 is 71.6 Å². The van der Waals surface area contributed by atoms with Crippen molar-refractivity contribution >= 4 is 140 Å². The Bertz CT molecular complexity index is 5210. The quantitative estimate of drug-likeness (QED) is 0.0170. The Balaban J connectivity index is 1.48. The van der Waals surface area contributed by atoms with Gasteiger partial charge in [-0.2, -0.15) is 0 Å². The van der Waals surface area contributed by atoms with Crippen molar-refractivity contribution in [3.63, 3.8) is 0 Å². The van der Waals surface area contributed by atoms with Crippen LogP contribution in [0.1, 0.15) is 183 Å². The molecule has 0 unspecified atom stereocenters. The molecule has 1 aliphatic carbocycles. The molecular formula is C74H66N8O24. The van der Waals surface area contributed by atoms with Crippen LogP contribution in [0.4, 0.5) is 22.7 Å². The number of hydrogen-bond acceptors (Lipinski definition) is 18. The number of carboxylic acids is 12. The summed E-state index contributed by atoms with van der Waals surface area (Å²) in [7, 11) is 0. The predicted octanol–water partition coefficient (Wildman–Crippen LogP) is 11.9. The first-order valence-corrected chi connectivity index (χ1v) is 32.9. The highest BCUT2D eigenvalue weighted by atomic mass is 16.4. The highest BCUT2D eigenvalue weighted by molar-refractivity contribution is 6.18. The summed E-state index contributed by atoms with van der Waals surface area (Å²) in [5, 5.41) is 139. The number of H-pyrrole nitrogens is 2. The van der Waals surface area contributed by atoms with Gasteiger partial charge in [0.2, 0.25) is 0 Å². The average Bonchev–Trinajstić information content (AvgIpc) is 1.55. The van der Waals surface area contributed by atoms with E-state index < -0.39 is 127 Å². The van der Waals surface area contributed by atoms with Crippen molar-refractivity contribution in [1.29, 1.82) is 0 Å². The fourth-order valence-corrected chi connectivity index (χ4v) is 13.2. The van der Waals surface area contributed by atoms with Crippen LogP contribution >= 0.6 is 0 Å². The maximum atomic E-state index is 14.2. The zero-order valence-electron chi connectivity index (χ0n) is 55.7. The fraction of sp³-hybridized carbons (Fsp3) is 0.216. The monoisotopic (exact) mass is 1450 g/mol. The van der Waals surface area contributed by atoms with E-state index in [1.807, 2.05) is 6.08 Å². The standard InChI is InChI=1S/C74H66N8O24/c83-50(84)10-4-28-75-39-18-14-34(58(67(91)92)62(39)71(99)100)54-43-22-23-44(79-43)55(35-15-19-40(76-29-5-11-51(85)86)63(72(101)102)59(35)68(93)94)46-26-27-48(81-46)57(37-17-21-42(78-31-7-13-53(89)90)65(74(105)106)61(37)70(97)98)66-38(33-8-2-1-3-9-33)32-49(82-66)56(47-25-24-45(54)80-47)36-16-20-41(77-30-6-12-52(87)88)64(73(103)104)60(36)69(95)96/h8,14-27,32,75-78,80-81H,1-7,9-13,28-31H2,(H,83,84)(H,85,86)(H,87,88)(H,89,90)(H,91,92)(H,93,94)(H,95,96)(H,97,98)(H,99,100)(H,101,102)(H,103,104)(H,105,106). The van der Waals surface area contributed by atoms with Gasteiger partial charge in [-0.25, -0.2) is 48.3 Å². The molecule has 10 rings (SSSR count). The second-order valence-electron chi connectivity index (χ2n) is 24.4. The zero-order chi connectivity index (χ0) is 76.5. The molecule has 0 saturated heterocycles. The number of aromatic nitrogens is 4. The first-order chi connectivity index (χ1) is 50.6. The number of aliphatic carboxylic acids is 4. The van der Waals surface area contributed by atoms with Crippen LogP contribution in [0, 0.1) is 0 Å². The Morgan fingerprint density at radius 3 is 0.915 bits per heavy atom. The second kappa shape index (κ2) is 31.9. The maximum absolute atomic E-state index is 14.2. The number of benzene rings is 4. The number of rotatable bonds is 33. The number of nitrogens with one attached hydrogen (secondary N) is 6. The average molecular weight is 1450 g/mol. The van der Waals surface area contributed by atoms with Crippen LogP contribution < -0.4 is 21.3 Å². The van der Waals surface area contributed by atoms with Gasteiger partial charge < -0.3 is 92.5 Å². The minimum atomic E-state index is -1.83. The van der Waals surface area contributed by atoms with E-state index in [2.05, 4.69) is 31.2 Å². The summed E-state index contributed by atoms with van der Waals surface area (Å²) in [6, 6.07) is 15.2. The summed E-state index contributed by atoms with van der Waals surface area (Å²) in [5.41, 5.74) is -11.1. The molecule has 5 heterocycles. The molecule has 0 saturated carbocycles. The topological polar surface area (TPSA) is 553 Å². The normalized spacial score (nSPS) is 12.3. The van der Waals surface area contributed by atoms with Crippen molar-refractivity contribution in [2.75, 3.05) is 47.4 Å². The highest BCUT2D eigenvalue weighted by Crippen LogP contribution is 2.48. The summed E-state index contributed by atoms with van der Waals surface area (Å²) in [5.74, 6) is -19.2. The largest absolute Gasteiger partial charge is 0.481 e. The van der Waals surface area contributed by atoms with Gasteiger partial charge in [-0.3, -0.25) is 19.2 Å². The molecule has 0 amide bonds. The van der Waals surface area contributed by atoms with E-state index in [-0.39, 0.29) is 191 Å². The lowest BCUT2D eigenvalue weighted by Crippen LogP contribution is -2.15. The maximum Gasteiger partial charge on any atom is 0.338 e. The molecule has 2 aliphatic heterocycles. The van der Waals surface area contributed by atoms with Gasteiger partial charge in [0.1, 0.15) is 0 Å². The first-order valence-electron chi connectivity index (χ1n) is 32.9. The fourth-order valence-electron chi connectivity index (χ4n) is 13.2. The van der Waals surface area contributed by atoms with Crippen molar-refractivity contribution in [1.82, 2.24) is 19.9 Å². The van der Waals surface area contributed by atoms with E-state index in [1.165, 1.54) is 91.0 Å². The smallest absolute Gasteiger partial charge is 0.338 e. The third-order valence-corrected chi connectivity index (χ3v) is 17.6. The Morgan fingerprint density at radius 1 is 0.340 bits per heavy atom. The number of nitrogens with zero attached hydrogens (tertiary/aromatic N) is 2. The van der Waals surface area contributed by atoms with Gasteiger partial charge in [0, 0.05) is 147 Å². The third kappa shape index (κ3) is 15.7. The number of aromatic amines is 2. The number of hydrogen-bond donors (Lipinski definition) is 18. The van der Waals surface area contributed by atoms with E-state index >= 15 is 0 Å². The van der Waals surface area contributed by atoms with Crippen LogP contribution in [0.15, 0.2) is 84.4 Å². The van der Waals surface area contributed by atoms with Crippen molar-refractivity contribution in [3.8, 4) is 44.5 Å². The Hall–Kier alpha value is -13.9. The summed E-state index contributed by atoms with van der Waals surface area (Å²) in [6.07, 6.45) is 6.23. The molecule has 106 heavy (non-hydrogen) atoms. The molecule has 7 aromatic rings. The van der Waals surface area contributed by atoms with Gasteiger partial charge in [-0.1, -0.05) is 30.3 Å². The van der Waals surface area contributed by atoms with E-state index in [0.29, 0.717) is 24.8 Å². The van der Waals surface area contributed by atoms with Crippen molar-refractivity contribution in [2.45, 2.75) is 77.0 Å². The lowest BCUT2D eigenvalue weighted by molar-refractivity contribution is -0.138. The molecule has 8 bridgehead atoms. The van der Waals surface area contributed by atoms with Crippen molar-refractivity contribution in [3.05, 3.63) is 152 Å². The van der Waals surface area contributed by atoms with Crippen molar-refractivity contribution < 1.29 is 119 Å². The van der Waals surface area contributed by atoms with E-state index in [1.54, 1.807) is 0 Å². The molecule has 0 atom stereocenters. The van der Waals surface area contributed by atoms with Gasteiger partial charge in [0.25, 0.3) is 0 Å². The number of fused-ring (bicyclic) bond motifs is 8. The minimum absolute atomic E-state index is 0.0502. The second-order valence-corrected chi connectivity index (χ2v) is 24.4. The number of carbonyl (C=O) groups is 12. The number of aromatic carboxylic acids is 8. The number of anilines is 4. The molecular weight excluding hydrogens is 1380 g/mol. The molecule has 3 aliphatic rings. The molecule has 18 N–H and O–H groups in total. The van der Waals surface area contributed by atoms with Crippen LogP contribution in [0.5, 0.6) is 0 Å². The van der Waals surface area contributed by atoms with Gasteiger partial charge in [-0.15, -0.1) is 0 Å². The number of carboxylic acid groups (broad SMARTS) is 12. The van der Waals surface area contributed by atoms with Gasteiger partial charge in [-0.05, 0) is 124 Å². The van der Waals surface area contributed by atoms with Crippen LogP contribution in [0.2, 0.25) is 0 Å². The molecule has 3 aromatic heterocycles. The Labute approximate surface area is 597 Å². The van der Waals surface area contributed by atoms with Gasteiger partial charge in [0.05, 0.1) is 67.3 Å². The summed E-state index contributed by atoms with van der Waals surface area (Å²) >= 11 is 0. The molecule has 32 nitrogen and oxygen atoms in total. The van der Waals surface area contributed by atoms with Gasteiger partial charge in [0.15, 0.2) is 0 Å². The molecule has 546 valence electrons. The predicted molar refractivity (Wildman–Crippen MR) is 383 cm³/mol. The zero-order valence-corrected chi connectivity index (χ0v) is 55.7. The first kappa shape index (κ1) is 74.7. The van der Waals surface area contributed by atoms with E-state index in [4.69, 9.17) is 9.97 Å². The summed E-state index contributed by atoms with van der Waals surface area (Å²) in [4.78, 5) is 174.